The molecule has 4 rings (SSSR count). The van der Waals surface area contributed by atoms with Gasteiger partial charge in [0, 0.05) is 23.4 Å². The molecule has 0 spiro atoms. The van der Waals surface area contributed by atoms with E-state index in [9.17, 15) is 4.79 Å². The van der Waals surface area contributed by atoms with E-state index >= 15 is 0 Å². The number of hydrogen-bond acceptors (Lipinski definition) is 2. The minimum atomic E-state index is 0.172. The Balaban J connectivity index is 2.23. The molecule has 1 heterocycles. The normalized spacial score (nSPS) is 14.0. The molecule has 0 N–H and O–H groups in total. The number of rotatable bonds is 0. The number of hydrogen-bond donors (Lipinski definition) is 0. The van der Waals surface area contributed by atoms with E-state index in [1.807, 2.05) is 18.3 Å². The number of Topliss-reactive ketones (excluding diaryl/α,β-unsaturated/α-hetero) is 1. The van der Waals surface area contributed by atoms with Crippen LogP contribution in [0.5, 0.6) is 0 Å². The van der Waals surface area contributed by atoms with Crippen molar-refractivity contribution in [3.05, 3.63) is 53.0 Å². The zero-order valence-corrected chi connectivity index (χ0v) is 10.3. The maximum Gasteiger partial charge on any atom is 0.160 e. The first-order valence-corrected chi connectivity index (χ1v) is 6.33. The molecule has 2 nitrogen and oxygen atoms in total. The number of carbonyl (C=O) groups is 1. The summed E-state index contributed by atoms with van der Waals surface area (Å²) in [6.45, 7) is 0. The number of fused-ring (bicyclic) bond motifs is 4. The molecule has 0 atom stereocenters. The number of carbonyl (C=O) groups excluding carboxylic acids is 1. The third-order valence-electron chi connectivity index (χ3n) is 3.63. The number of ketones is 1. The number of nitrogens with zero attached hydrogens (tertiary/aromatic N) is 1. The highest BCUT2D eigenvalue weighted by Crippen LogP contribution is 2.21. The largest absolute Gasteiger partial charge is 0.294 e. The minimum Gasteiger partial charge on any atom is -0.294 e. The average Bonchev–Trinajstić information content (AvgIpc) is 2.45. The summed E-state index contributed by atoms with van der Waals surface area (Å²) in [5, 5.41) is 5.57. The van der Waals surface area contributed by atoms with Crippen LogP contribution in [0, 0.1) is 0 Å². The Hall–Kier alpha value is -2.48. The maximum atomic E-state index is 11.5. The van der Waals surface area contributed by atoms with Gasteiger partial charge in [0.1, 0.15) is 0 Å². The van der Waals surface area contributed by atoms with E-state index in [-0.39, 0.29) is 5.78 Å². The van der Waals surface area contributed by atoms with Crippen molar-refractivity contribution in [1.82, 2.24) is 4.98 Å². The topological polar surface area (TPSA) is 30.0 Å². The van der Waals surface area contributed by atoms with Crippen LogP contribution in [0.15, 0.2) is 42.6 Å². The molecule has 0 radical (unpaired) electrons. The average molecular weight is 245 g/mol. The summed E-state index contributed by atoms with van der Waals surface area (Å²) < 4.78 is 0. The SMILES string of the molecule is O=C1C=c2cc3ccc4cccnc4c3cc2=CC1. The summed E-state index contributed by atoms with van der Waals surface area (Å²) in [6.07, 6.45) is 6.05. The van der Waals surface area contributed by atoms with E-state index < -0.39 is 0 Å². The molecule has 0 bridgehead atoms. The Bertz CT molecular complexity index is 954. The van der Waals surface area contributed by atoms with Crippen LogP contribution >= 0.6 is 0 Å². The smallest absolute Gasteiger partial charge is 0.160 e. The number of aromatic nitrogens is 1. The number of benzene rings is 2. The van der Waals surface area contributed by atoms with E-state index in [0.717, 1.165) is 32.1 Å². The van der Waals surface area contributed by atoms with E-state index in [0.29, 0.717) is 6.42 Å². The van der Waals surface area contributed by atoms with Crippen molar-refractivity contribution in [3.63, 3.8) is 0 Å². The molecule has 2 heteroatoms. The van der Waals surface area contributed by atoms with Crippen molar-refractivity contribution in [2.24, 2.45) is 0 Å². The van der Waals surface area contributed by atoms with Crippen LogP contribution in [0.2, 0.25) is 0 Å². The van der Waals surface area contributed by atoms with Gasteiger partial charge in [0.25, 0.3) is 0 Å². The van der Waals surface area contributed by atoms with Gasteiger partial charge in [-0.2, -0.15) is 0 Å². The van der Waals surface area contributed by atoms with Crippen molar-refractivity contribution >= 4 is 39.6 Å². The molecule has 90 valence electrons. The van der Waals surface area contributed by atoms with Crippen LogP contribution in [0.3, 0.4) is 0 Å². The summed E-state index contributed by atoms with van der Waals surface area (Å²) in [4.78, 5) is 16.0. The molecule has 19 heavy (non-hydrogen) atoms. The minimum absolute atomic E-state index is 0.172. The summed E-state index contributed by atoms with van der Waals surface area (Å²) in [7, 11) is 0. The van der Waals surface area contributed by atoms with Crippen LogP contribution in [-0.2, 0) is 4.79 Å². The summed E-state index contributed by atoms with van der Waals surface area (Å²) >= 11 is 0. The highest BCUT2D eigenvalue weighted by Gasteiger charge is 2.05. The Morgan fingerprint density at radius 1 is 1.00 bits per heavy atom. The fraction of sp³-hybridized carbons (Fsp3) is 0.0588. The molecule has 0 unspecified atom stereocenters. The lowest BCUT2D eigenvalue weighted by molar-refractivity contribution is -0.112. The maximum absolute atomic E-state index is 11.5. The first kappa shape index (κ1) is 10.4. The molecule has 2 aromatic carbocycles. The van der Waals surface area contributed by atoms with Crippen LogP contribution in [0.1, 0.15) is 6.42 Å². The molecule has 0 aliphatic heterocycles. The molecule has 0 saturated heterocycles. The van der Waals surface area contributed by atoms with Crippen molar-refractivity contribution in [2.75, 3.05) is 0 Å². The fourth-order valence-corrected chi connectivity index (χ4v) is 2.70. The van der Waals surface area contributed by atoms with Gasteiger partial charge in [0.2, 0.25) is 0 Å². The van der Waals surface area contributed by atoms with Gasteiger partial charge in [-0.25, -0.2) is 0 Å². The lowest BCUT2D eigenvalue weighted by atomic mass is 10.00. The quantitative estimate of drug-likeness (QED) is 0.566. The zero-order chi connectivity index (χ0) is 12.8. The molecular formula is C17H11NO. The van der Waals surface area contributed by atoms with E-state index in [1.54, 1.807) is 6.08 Å². The summed E-state index contributed by atoms with van der Waals surface area (Å²) in [6, 6.07) is 12.4. The Morgan fingerprint density at radius 2 is 1.89 bits per heavy atom. The van der Waals surface area contributed by atoms with E-state index in [2.05, 4.69) is 35.3 Å². The molecule has 3 aromatic rings. The molecule has 1 aliphatic rings. The Labute approximate surface area is 109 Å². The van der Waals surface area contributed by atoms with Gasteiger partial charge in [-0.3, -0.25) is 9.78 Å². The van der Waals surface area contributed by atoms with Gasteiger partial charge in [-0.05, 0) is 40.1 Å². The summed E-state index contributed by atoms with van der Waals surface area (Å²) in [5.41, 5.74) is 1.02. The molecule has 1 aromatic heterocycles. The van der Waals surface area contributed by atoms with Crippen molar-refractivity contribution in [1.29, 1.82) is 0 Å². The first-order chi connectivity index (χ1) is 9.31. The second-order valence-corrected chi connectivity index (χ2v) is 4.86. The zero-order valence-electron chi connectivity index (χ0n) is 10.3. The highest BCUT2D eigenvalue weighted by atomic mass is 16.1. The standard InChI is InChI=1S/C17H11NO/c19-15-6-5-12-10-16-13(8-14(12)9-15)4-3-11-2-1-7-18-17(11)16/h1-5,7-10H,6H2. The van der Waals surface area contributed by atoms with Crippen molar-refractivity contribution in [3.8, 4) is 0 Å². The van der Waals surface area contributed by atoms with Gasteiger partial charge in [0.15, 0.2) is 5.78 Å². The van der Waals surface area contributed by atoms with E-state index in [1.165, 1.54) is 0 Å². The lowest BCUT2D eigenvalue weighted by Gasteiger charge is -2.05. The van der Waals surface area contributed by atoms with Gasteiger partial charge < -0.3 is 0 Å². The molecule has 0 saturated carbocycles. The predicted octanol–water partition coefficient (Wildman–Crippen LogP) is 1.92. The second-order valence-electron chi connectivity index (χ2n) is 4.86. The summed E-state index contributed by atoms with van der Waals surface area (Å²) in [5.74, 6) is 0.172. The monoisotopic (exact) mass is 245 g/mol. The molecular weight excluding hydrogens is 234 g/mol. The van der Waals surface area contributed by atoms with Crippen LogP contribution in [0.25, 0.3) is 33.8 Å². The lowest BCUT2D eigenvalue weighted by Crippen LogP contribution is -2.28. The van der Waals surface area contributed by atoms with Crippen LogP contribution in [-0.4, -0.2) is 10.8 Å². The van der Waals surface area contributed by atoms with Gasteiger partial charge >= 0.3 is 0 Å². The molecule has 1 aliphatic carbocycles. The highest BCUT2D eigenvalue weighted by molar-refractivity contribution is 6.10. The molecule has 0 amide bonds. The Morgan fingerprint density at radius 3 is 2.84 bits per heavy atom. The van der Waals surface area contributed by atoms with Crippen molar-refractivity contribution in [2.45, 2.75) is 6.42 Å². The third kappa shape index (κ3) is 1.57. The fourth-order valence-electron chi connectivity index (χ4n) is 2.70. The predicted molar refractivity (Wildman–Crippen MR) is 77.1 cm³/mol. The van der Waals surface area contributed by atoms with Crippen LogP contribution in [0.4, 0.5) is 0 Å². The second kappa shape index (κ2) is 3.75. The van der Waals surface area contributed by atoms with Gasteiger partial charge in [0.05, 0.1) is 5.52 Å². The molecule has 0 fully saturated rings. The third-order valence-corrected chi connectivity index (χ3v) is 3.63. The van der Waals surface area contributed by atoms with Gasteiger partial charge in [-0.1, -0.05) is 24.3 Å². The number of pyridine rings is 1. The Kier molecular flexibility index (Phi) is 2.06. The van der Waals surface area contributed by atoms with Gasteiger partial charge in [-0.15, -0.1) is 0 Å². The van der Waals surface area contributed by atoms with E-state index in [4.69, 9.17) is 0 Å². The first-order valence-electron chi connectivity index (χ1n) is 6.33. The van der Waals surface area contributed by atoms with Crippen molar-refractivity contribution < 1.29 is 4.79 Å². The van der Waals surface area contributed by atoms with Crippen LogP contribution < -0.4 is 10.4 Å².